The van der Waals surface area contributed by atoms with E-state index in [2.05, 4.69) is 48.1 Å². The van der Waals surface area contributed by atoms with Gasteiger partial charge in [0.05, 0.1) is 26.4 Å². The van der Waals surface area contributed by atoms with Gasteiger partial charge in [-0.2, -0.15) is 0 Å². The third-order valence-electron chi connectivity index (χ3n) is 19.1. The number of nitrogens with zero attached hydrogens (tertiary/aromatic N) is 4. The lowest BCUT2D eigenvalue weighted by molar-refractivity contribution is -0.154. The molecule has 72 heavy (non-hydrogen) atoms. The molecule has 10 fully saturated rings. The maximum Gasteiger partial charge on any atom is 0.258 e. The predicted octanol–water partition coefficient (Wildman–Crippen LogP) is 10.1. The molecule has 0 radical (unpaired) electrons. The van der Waals surface area contributed by atoms with E-state index in [1.807, 2.05) is 70.1 Å². The maximum atomic E-state index is 13.4. The summed E-state index contributed by atoms with van der Waals surface area (Å²) in [5.41, 5.74) is 3.47. The molecule has 2 N–H and O–H groups in total. The number of anilines is 2. The van der Waals surface area contributed by atoms with Crippen molar-refractivity contribution in [2.24, 2.45) is 44.3 Å². The number of pyridine rings is 2. The smallest absolute Gasteiger partial charge is 0.258 e. The first kappa shape index (κ1) is 49.8. The lowest BCUT2D eigenvalue weighted by atomic mass is 9.40. The van der Waals surface area contributed by atoms with Crippen LogP contribution in [-0.4, -0.2) is 96.4 Å². The predicted molar refractivity (Wildman–Crippen MR) is 286 cm³/mol. The molecule has 8 bridgehead atoms. The molecule has 12 heteroatoms. The number of carbonyl (C=O) groups is 2. The first-order valence-corrected chi connectivity index (χ1v) is 27.9. The summed E-state index contributed by atoms with van der Waals surface area (Å²) in [6.07, 6.45) is 22.0. The number of rotatable bonds is 14. The Morgan fingerprint density at radius 1 is 0.500 bits per heavy atom. The monoisotopic (exact) mass is 983 g/mol. The first-order chi connectivity index (χ1) is 34.5. The van der Waals surface area contributed by atoms with Gasteiger partial charge in [0.1, 0.15) is 0 Å². The molecule has 4 heterocycles. The Kier molecular flexibility index (Phi) is 13.4. The van der Waals surface area contributed by atoms with E-state index in [4.69, 9.17) is 9.47 Å². The average Bonchev–Trinajstić information content (AvgIpc) is 3.29. The van der Waals surface area contributed by atoms with Gasteiger partial charge >= 0.3 is 0 Å². The molecule has 2 amide bonds. The largest absolute Gasteiger partial charge is 0.379 e. The number of amides is 2. The van der Waals surface area contributed by atoms with E-state index in [1.54, 1.807) is 0 Å². The Morgan fingerprint density at radius 3 is 1.24 bits per heavy atom. The normalized spacial score (nSPS) is 33.8. The van der Waals surface area contributed by atoms with Gasteiger partial charge in [0.25, 0.3) is 11.1 Å². The standard InChI is InChI=1S/2C30H41N3O3/c2*1-28-15-22-16-29(2,19-28)21-30(17-22,20-28)18-26(34)31-25-6-3-5-24-23(25)7-10-33(27(24)35)9-4-8-32-11-13-36-14-12-32/h2*3,5-7,10,22H,4,8-9,11-21H2,1-2H3,(H,31,34). The molecule has 388 valence electrons. The van der Waals surface area contributed by atoms with Gasteiger partial charge in [-0.25, -0.2) is 0 Å². The summed E-state index contributed by atoms with van der Waals surface area (Å²) in [5, 5.41) is 9.45. The second-order valence-corrected chi connectivity index (χ2v) is 26.5. The summed E-state index contributed by atoms with van der Waals surface area (Å²) in [6, 6.07) is 15.4. The van der Waals surface area contributed by atoms with Gasteiger partial charge < -0.3 is 29.2 Å². The number of carbonyl (C=O) groups excluding carboxylic acids is 2. The molecule has 4 atom stereocenters. The van der Waals surface area contributed by atoms with E-state index in [-0.39, 0.29) is 33.8 Å². The van der Waals surface area contributed by atoms with Crippen molar-refractivity contribution in [2.45, 2.75) is 144 Å². The van der Waals surface area contributed by atoms with E-state index in [1.165, 1.54) is 77.0 Å². The topological polar surface area (TPSA) is 127 Å². The quantitative estimate of drug-likeness (QED) is 0.128. The summed E-state index contributed by atoms with van der Waals surface area (Å²) < 4.78 is 14.5. The third kappa shape index (κ3) is 10.5. The first-order valence-electron chi connectivity index (χ1n) is 27.9. The number of hydrogen-bond donors (Lipinski definition) is 2. The van der Waals surface area contributed by atoms with Crippen LogP contribution < -0.4 is 21.8 Å². The van der Waals surface area contributed by atoms with Crippen LogP contribution in [0.15, 0.2) is 70.5 Å². The Labute approximate surface area is 426 Å². The van der Waals surface area contributed by atoms with E-state index >= 15 is 0 Å². The Hall–Kier alpha value is -4.36. The Balaban J connectivity index is 0.000000156. The third-order valence-corrected chi connectivity index (χ3v) is 19.1. The Morgan fingerprint density at radius 2 is 0.875 bits per heavy atom. The van der Waals surface area contributed by atoms with Gasteiger partial charge in [0, 0.05) is 111 Å². The molecule has 2 saturated heterocycles. The van der Waals surface area contributed by atoms with Crippen LogP contribution in [0.5, 0.6) is 0 Å². The number of aromatic nitrogens is 2. The van der Waals surface area contributed by atoms with Gasteiger partial charge in [-0.1, -0.05) is 39.8 Å². The summed E-state index contributed by atoms with van der Waals surface area (Å²) in [5.74, 6) is 1.77. The van der Waals surface area contributed by atoms with E-state index in [0.717, 1.165) is 113 Å². The Bertz CT molecular complexity index is 2580. The zero-order chi connectivity index (χ0) is 49.9. The van der Waals surface area contributed by atoms with Crippen molar-refractivity contribution in [1.82, 2.24) is 18.9 Å². The lowest BCUT2D eigenvalue weighted by Gasteiger charge is -2.65. The maximum absolute atomic E-state index is 13.4. The average molecular weight is 983 g/mol. The minimum absolute atomic E-state index is 0.0208. The van der Waals surface area contributed by atoms with Crippen LogP contribution in [0, 0.1) is 44.3 Å². The highest BCUT2D eigenvalue weighted by molar-refractivity contribution is 6.03. The summed E-state index contributed by atoms with van der Waals surface area (Å²) >= 11 is 0. The number of morpholine rings is 2. The van der Waals surface area contributed by atoms with Crippen LogP contribution in [0.2, 0.25) is 0 Å². The molecule has 12 nitrogen and oxygen atoms in total. The molecular formula is C60H82N6O6. The fourth-order valence-electron chi connectivity index (χ4n) is 18.6. The van der Waals surface area contributed by atoms with Crippen LogP contribution in [0.4, 0.5) is 11.4 Å². The fourth-order valence-corrected chi connectivity index (χ4v) is 18.6. The van der Waals surface area contributed by atoms with Crippen molar-refractivity contribution in [3.63, 3.8) is 0 Å². The molecule has 4 unspecified atom stereocenters. The number of nitrogens with one attached hydrogen (secondary N) is 2. The molecule has 10 aliphatic rings. The number of aryl methyl sites for hydroxylation is 2. The van der Waals surface area contributed by atoms with Gasteiger partial charge in [-0.05, 0) is 171 Å². The van der Waals surface area contributed by atoms with Crippen molar-refractivity contribution < 1.29 is 19.1 Å². The molecule has 2 aliphatic heterocycles. The molecular weight excluding hydrogens is 901 g/mol. The second-order valence-electron chi connectivity index (χ2n) is 26.5. The molecule has 8 aliphatic carbocycles. The summed E-state index contributed by atoms with van der Waals surface area (Å²) in [4.78, 5) is 58.0. The number of benzene rings is 2. The van der Waals surface area contributed by atoms with Crippen molar-refractivity contribution in [3.05, 3.63) is 81.6 Å². The van der Waals surface area contributed by atoms with Gasteiger partial charge in [-0.15, -0.1) is 0 Å². The lowest BCUT2D eigenvalue weighted by Crippen LogP contribution is -2.55. The zero-order valence-corrected chi connectivity index (χ0v) is 44.0. The van der Waals surface area contributed by atoms with E-state index in [9.17, 15) is 19.2 Å². The van der Waals surface area contributed by atoms with Crippen LogP contribution in [-0.2, 0) is 32.2 Å². The molecule has 14 rings (SSSR count). The van der Waals surface area contributed by atoms with Crippen LogP contribution in [0.1, 0.15) is 130 Å². The highest BCUT2D eigenvalue weighted by Crippen LogP contribution is 2.71. The zero-order valence-electron chi connectivity index (χ0n) is 44.0. The number of ether oxygens (including phenoxy) is 2. The molecule has 2 aromatic heterocycles. The van der Waals surface area contributed by atoms with E-state index < -0.39 is 0 Å². The summed E-state index contributed by atoms with van der Waals surface area (Å²) in [7, 11) is 0. The highest BCUT2D eigenvalue weighted by Gasteiger charge is 2.61. The van der Waals surface area contributed by atoms with Gasteiger partial charge in [-0.3, -0.25) is 29.0 Å². The fraction of sp³-hybridized carbons (Fsp3) is 0.667. The molecule has 4 aromatic rings. The number of fused-ring (bicyclic) bond motifs is 2. The minimum atomic E-state index is 0.0208. The highest BCUT2D eigenvalue weighted by atomic mass is 16.5. The number of hydrogen-bond acceptors (Lipinski definition) is 8. The van der Waals surface area contributed by atoms with Crippen molar-refractivity contribution >= 4 is 44.7 Å². The van der Waals surface area contributed by atoms with Crippen molar-refractivity contribution in [3.8, 4) is 0 Å². The SMILES string of the molecule is CC12CC3CC(C)(C1)CC(CC(=O)Nc1cccc4c(=O)n(CCCN5CCOCC5)ccc14)(C3)C2.CC12CC3CC(C)(C1)CC(CC(=O)Nc1cccc4c(=O)n(CCCN5CCOCC5)ccc14)(C3)C2. The van der Waals surface area contributed by atoms with E-state index in [0.29, 0.717) is 58.4 Å². The second kappa shape index (κ2) is 19.4. The van der Waals surface area contributed by atoms with Gasteiger partial charge in [0.15, 0.2) is 0 Å². The minimum Gasteiger partial charge on any atom is -0.379 e. The van der Waals surface area contributed by atoms with Crippen molar-refractivity contribution in [1.29, 1.82) is 0 Å². The molecule has 2 aromatic carbocycles. The molecule has 8 saturated carbocycles. The van der Waals surface area contributed by atoms with Gasteiger partial charge in [0.2, 0.25) is 11.8 Å². The summed E-state index contributed by atoms with van der Waals surface area (Å²) in [6.45, 7) is 20.2. The van der Waals surface area contributed by atoms with Crippen molar-refractivity contribution in [2.75, 3.05) is 76.3 Å². The van der Waals surface area contributed by atoms with Crippen LogP contribution in [0.25, 0.3) is 21.5 Å². The van der Waals surface area contributed by atoms with Crippen LogP contribution in [0.3, 0.4) is 0 Å². The van der Waals surface area contributed by atoms with Crippen LogP contribution >= 0.6 is 0 Å². The molecule has 0 spiro atoms.